The van der Waals surface area contributed by atoms with Crippen molar-refractivity contribution in [1.29, 1.82) is 0 Å². The van der Waals surface area contributed by atoms with Gasteiger partial charge in [-0.25, -0.2) is 22.5 Å². The standard InChI is InChI=1S/C16H20N2O4S.C15H18N2O2.C2H6O2S/c1-10-8-11(2)13(12(3)9-10)14-15(19)17-6-5-7-18(17)16(14)21-22-23(4)20;1-9-7-10(2)12(11(3)8-9)13-14(18)16-5-4-6-17(16)15(13)19;1-4-5(2)3/h8-9H,5-7H2,1-4H3;7-8,18H,4-6H2,1-3H3;1-2H3. The van der Waals surface area contributed by atoms with Crippen LogP contribution in [0.3, 0.4) is 0 Å². The summed E-state index contributed by atoms with van der Waals surface area (Å²) in [5.74, 6) is 0.440. The Labute approximate surface area is 279 Å². The first-order valence-electron chi connectivity index (χ1n) is 15.3. The average molecular weight is 689 g/mol. The van der Waals surface area contributed by atoms with Crippen molar-refractivity contribution in [2.45, 2.75) is 80.6 Å². The Morgan fingerprint density at radius 3 is 1.43 bits per heavy atom. The number of aryl methyl sites for hydroxylation is 6. The van der Waals surface area contributed by atoms with Gasteiger partial charge in [0, 0.05) is 38.7 Å². The third kappa shape index (κ3) is 7.56. The Bertz CT molecular complexity index is 1920. The van der Waals surface area contributed by atoms with E-state index in [1.54, 1.807) is 18.7 Å². The van der Waals surface area contributed by atoms with E-state index < -0.39 is 22.2 Å². The maximum atomic E-state index is 12.8. The molecule has 6 rings (SSSR count). The quantitative estimate of drug-likeness (QED) is 0.231. The van der Waals surface area contributed by atoms with Crippen molar-refractivity contribution in [3.63, 3.8) is 0 Å². The van der Waals surface area contributed by atoms with E-state index in [-0.39, 0.29) is 17.0 Å². The van der Waals surface area contributed by atoms with E-state index in [1.165, 1.54) is 25.2 Å². The van der Waals surface area contributed by atoms with Gasteiger partial charge in [-0.2, -0.15) is 0 Å². The maximum Gasteiger partial charge on any atom is 0.278 e. The number of aromatic nitrogens is 4. The second-order valence-corrected chi connectivity index (χ2v) is 13.9. The Kier molecular flexibility index (Phi) is 11.5. The SMILES string of the molecule is COS(C)=O.Cc1cc(C)c(-c2c(O)n3n(c2=O)CCC3)c(C)c1.Cc1cc(C)c(-c2c(OOS(C)=O)n3n(c2=O)CCC3)c(C)c1. The molecule has 2 aromatic carbocycles. The molecular weight excluding hydrogens is 645 g/mol. The van der Waals surface area contributed by atoms with Crippen LogP contribution >= 0.6 is 0 Å². The molecule has 47 heavy (non-hydrogen) atoms. The van der Waals surface area contributed by atoms with Crippen molar-refractivity contribution in [2.75, 3.05) is 19.6 Å². The van der Waals surface area contributed by atoms with Gasteiger partial charge in [0.25, 0.3) is 17.0 Å². The summed E-state index contributed by atoms with van der Waals surface area (Å²) < 4.78 is 36.7. The predicted molar refractivity (Wildman–Crippen MR) is 184 cm³/mol. The van der Waals surface area contributed by atoms with Gasteiger partial charge in [0.05, 0.1) is 7.11 Å². The van der Waals surface area contributed by atoms with Crippen LogP contribution in [0.15, 0.2) is 33.9 Å². The zero-order chi connectivity index (χ0) is 34.7. The molecule has 1 N–H and O–H groups in total. The van der Waals surface area contributed by atoms with Gasteiger partial charge in [-0.15, -0.1) is 0 Å². The fourth-order valence-electron chi connectivity index (χ4n) is 6.53. The zero-order valence-corrected chi connectivity index (χ0v) is 30.1. The maximum absolute atomic E-state index is 12.8. The molecule has 0 fully saturated rings. The summed E-state index contributed by atoms with van der Waals surface area (Å²) in [5, 5.41) is 10.3. The Balaban J connectivity index is 0.000000189. The number of fused-ring (bicyclic) bond motifs is 2. The first-order valence-corrected chi connectivity index (χ1v) is 18.2. The fraction of sp³-hybridized carbons (Fsp3) is 0.455. The molecule has 2 aliphatic rings. The van der Waals surface area contributed by atoms with E-state index in [0.717, 1.165) is 51.8 Å². The van der Waals surface area contributed by atoms with Gasteiger partial charge in [-0.1, -0.05) is 39.7 Å². The Morgan fingerprint density at radius 1 is 0.617 bits per heavy atom. The van der Waals surface area contributed by atoms with Crippen LogP contribution in [0, 0.1) is 41.5 Å². The fourth-order valence-corrected chi connectivity index (χ4v) is 6.69. The molecule has 12 nitrogen and oxygen atoms in total. The molecule has 14 heteroatoms. The summed E-state index contributed by atoms with van der Waals surface area (Å²) in [6.07, 6.45) is 4.63. The first kappa shape index (κ1) is 36.1. The molecule has 0 spiro atoms. The number of nitrogens with zero attached hydrogens (tertiary/aromatic N) is 4. The lowest BCUT2D eigenvalue weighted by molar-refractivity contribution is -0.0930. The van der Waals surface area contributed by atoms with Crippen LogP contribution in [0.2, 0.25) is 0 Å². The molecule has 2 unspecified atom stereocenters. The summed E-state index contributed by atoms with van der Waals surface area (Å²) in [7, 11) is 1.40. The summed E-state index contributed by atoms with van der Waals surface area (Å²) in [5.41, 5.74) is 8.89. The van der Waals surface area contributed by atoms with Gasteiger partial charge in [0.2, 0.25) is 5.88 Å². The summed E-state index contributed by atoms with van der Waals surface area (Å²) >= 11 is -2.65. The second-order valence-electron chi connectivity index (χ2n) is 11.9. The molecule has 4 heterocycles. The van der Waals surface area contributed by atoms with E-state index in [2.05, 4.69) is 16.3 Å². The topological polar surface area (TPSA) is 136 Å². The molecule has 0 radical (unpaired) electrons. The summed E-state index contributed by atoms with van der Waals surface area (Å²) in [6, 6.07) is 8.18. The van der Waals surface area contributed by atoms with Gasteiger partial charge in [-0.3, -0.25) is 18.5 Å². The molecule has 0 amide bonds. The van der Waals surface area contributed by atoms with Gasteiger partial charge < -0.3 is 9.99 Å². The average Bonchev–Trinajstić information content (AvgIpc) is 3.75. The number of benzene rings is 2. The van der Waals surface area contributed by atoms with Gasteiger partial charge >= 0.3 is 0 Å². The minimum absolute atomic E-state index is 0.0787. The number of hydrogen-bond donors (Lipinski definition) is 1. The smallest absolute Gasteiger partial charge is 0.278 e. The van der Waals surface area contributed by atoms with Crippen LogP contribution in [0.1, 0.15) is 46.2 Å². The van der Waals surface area contributed by atoms with Crippen molar-refractivity contribution in [3.05, 3.63) is 78.4 Å². The highest BCUT2D eigenvalue weighted by atomic mass is 32.2. The van der Waals surface area contributed by atoms with E-state index >= 15 is 0 Å². The highest BCUT2D eigenvalue weighted by molar-refractivity contribution is 7.79. The summed E-state index contributed by atoms with van der Waals surface area (Å²) in [4.78, 5) is 30.6. The van der Waals surface area contributed by atoms with Crippen LogP contribution in [0.4, 0.5) is 0 Å². The molecule has 2 aliphatic heterocycles. The van der Waals surface area contributed by atoms with E-state index in [1.807, 2.05) is 53.7 Å². The lowest BCUT2D eigenvalue weighted by Crippen LogP contribution is -2.17. The molecule has 2 atom stereocenters. The van der Waals surface area contributed by atoms with Crippen LogP contribution < -0.4 is 16.0 Å². The zero-order valence-electron chi connectivity index (χ0n) is 28.5. The molecule has 0 saturated heterocycles. The number of aromatic hydroxyl groups is 1. The van der Waals surface area contributed by atoms with Crippen LogP contribution in [0.25, 0.3) is 22.3 Å². The molecule has 0 saturated carbocycles. The molecule has 4 aromatic rings. The van der Waals surface area contributed by atoms with Gasteiger partial charge in [0.15, 0.2) is 22.2 Å². The van der Waals surface area contributed by atoms with E-state index in [0.29, 0.717) is 43.2 Å². The summed E-state index contributed by atoms with van der Waals surface area (Å²) in [6.45, 7) is 14.7. The number of hydrogen-bond acceptors (Lipinski definition) is 8. The second kappa shape index (κ2) is 15.0. The largest absolute Gasteiger partial charge is 0.493 e. The third-order valence-corrected chi connectivity index (χ3v) is 8.90. The minimum atomic E-state index is -1.58. The predicted octanol–water partition coefficient (Wildman–Crippen LogP) is 4.53. The van der Waals surface area contributed by atoms with Crippen LogP contribution in [0.5, 0.6) is 11.8 Å². The van der Waals surface area contributed by atoms with Crippen molar-refractivity contribution in [3.8, 4) is 34.0 Å². The molecule has 2 aromatic heterocycles. The van der Waals surface area contributed by atoms with Crippen LogP contribution in [-0.4, -0.2) is 51.9 Å². The van der Waals surface area contributed by atoms with Crippen molar-refractivity contribution < 1.29 is 26.9 Å². The van der Waals surface area contributed by atoms with Crippen molar-refractivity contribution in [2.24, 2.45) is 0 Å². The lowest BCUT2D eigenvalue weighted by Gasteiger charge is -2.11. The molecule has 256 valence electrons. The number of rotatable bonds is 6. The third-order valence-electron chi connectivity index (χ3n) is 8.17. The van der Waals surface area contributed by atoms with Crippen LogP contribution in [-0.2, 0) is 56.9 Å². The van der Waals surface area contributed by atoms with Gasteiger partial charge in [-0.05, 0) is 87.8 Å². The van der Waals surface area contributed by atoms with E-state index in [4.69, 9.17) is 9.22 Å². The van der Waals surface area contributed by atoms with Crippen molar-refractivity contribution >= 4 is 22.2 Å². The van der Waals surface area contributed by atoms with Gasteiger partial charge in [0.1, 0.15) is 11.1 Å². The monoisotopic (exact) mass is 688 g/mol. The molecular formula is C33H44N4O8S2. The highest BCUT2D eigenvalue weighted by Crippen LogP contribution is 2.36. The molecule has 0 bridgehead atoms. The Hall–Kier alpha value is -3.72. The van der Waals surface area contributed by atoms with E-state index in [9.17, 15) is 23.1 Å². The normalized spacial score (nSPS) is 14.4. The minimum Gasteiger partial charge on any atom is -0.493 e. The lowest BCUT2D eigenvalue weighted by atomic mass is 9.95. The Morgan fingerprint density at radius 2 is 1.00 bits per heavy atom. The first-order chi connectivity index (χ1) is 22.2. The highest BCUT2D eigenvalue weighted by Gasteiger charge is 2.29. The van der Waals surface area contributed by atoms with Crippen molar-refractivity contribution in [1.82, 2.24) is 18.7 Å². The molecule has 0 aliphatic carbocycles.